The Morgan fingerprint density at radius 1 is 0.933 bits per heavy atom. The molecule has 45 heavy (non-hydrogen) atoms. The third kappa shape index (κ3) is 7.09. The first-order chi connectivity index (χ1) is 21.4. The lowest BCUT2D eigenvalue weighted by Crippen LogP contribution is -2.37. The molecule has 2 aliphatic rings. The van der Waals surface area contributed by atoms with Crippen LogP contribution in [0.4, 0.5) is 23.7 Å². The van der Waals surface area contributed by atoms with Gasteiger partial charge < -0.3 is 30.7 Å². The molecular formula is C30H31F3N6O6. The number of anilines is 1. The fraction of sp³-hybridized carbons (Fsp3) is 0.367. The molecule has 4 aromatic rings. The average molecular weight is 629 g/mol. The number of aliphatic carboxylic acids is 1. The first kappa shape index (κ1) is 31.5. The van der Waals surface area contributed by atoms with Crippen molar-refractivity contribution in [3.05, 3.63) is 75.7 Å². The van der Waals surface area contributed by atoms with E-state index in [9.17, 15) is 32.7 Å². The lowest BCUT2D eigenvalue weighted by Gasteiger charge is -2.30. The number of carboxylic acids is 1. The highest BCUT2D eigenvalue weighted by Gasteiger charge is 2.38. The van der Waals surface area contributed by atoms with Gasteiger partial charge in [0.2, 0.25) is 0 Å². The second kappa shape index (κ2) is 13.0. The average Bonchev–Trinajstić information content (AvgIpc) is 3.40. The molecule has 0 saturated carbocycles. The van der Waals surface area contributed by atoms with Crippen LogP contribution in [0.3, 0.4) is 0 Å². The van der Waals surface area contributed by atoms with E-state index in [0.29, 0.717) is 59.7 Å². The van der Waals surface area contributed by atoms with Crippen molar-refractivity contribution < 1.29 is 37.8 Å². The van der Waals surface area contributed by atoms with Crippen molar-refractivity contribution in [1.29, 1.82) is 0 Å². The molecule has 2 aromatic carbocycles. The third-order valence-corrected chi connectivity index (χ3v) is 8.12. The number of aromatic amines is 1. The lowest BCUT2D eigenvalue weighted by atomic mass is 9.90. The summed E-state index contributed by atoms with van der Waals surface area (Å²) < 4.78 is 33.5. The Hall–Kier alpha value is -4.92. The summed E-state index contributed by atoms with van der Waals surface area (Å²) in [4.78, 5) is 50.4. The number of piperidine rings is 2. The first-order valence-electron chi connectivity index (χ1n) is 14.4. The molecule has 0 aliphatic carbocycles. The number of alkyl halides is 3. The summed E-state index contributed by atoms with van der Waals surface area (Å²) in [6.07, 6.45) is -2.59. The number of carboxylic acid groups (broad SMARTS) is 2. The van der Waals surface area contributed by atoms with Gasteiger partial charge in [-0.05, 0) is 74.5 Å². The van der Waals surface area contributed by atoms with Crippen molar-refractivity contribution in [2.24, 2.45) is 0 Å². The summed E-state index contributed by atoms with van der Waals surface area (Å²) in [5, 5.41) is 28.2. The van der Waals surface area contributed by atoms with E-state index in [1.807, 2.05) is 42.5 Å². The van der Waals surface area contributed by atoms with Gasteiger partial charge in [0.15, 0.2) is 0 Å². The third-order valence-electron chi connectivity index (χ3n) is 8.12. The summed E-state index contributed by atoms with van der Waals surface area (Å²) in [6.45, 7) is 2.85. The van der Waals surface area contributed by atoms with E-state index in [1.54, 1.807) is 10.6 Å². The number of aromatic nitrogens is 3. The second-order valence-electron chi connectivity index (χ2n) is 11.0. The standard InChI is InChI=1S/C28H30N6O4.C2HF3O2/c35-24-16-23(19-10-14-33(15-11-19)28(37)38)34-26(31-24)25-21(2-1-3-22(25)32-34)30-27(36)20-6-4-17(5-7-20)18-8-12-29-13-9-18;3-2(4,5)1(6)7/h1-7,16,18-19,29H,8-15H2,(H,30,36)(H,31,35)(H,37,38);(H,6,7). The van der Waals surface area contributed by atoms with Crippen molar-refractivity contribution >= 4 is 40.2 Å². The Morgan fingerprint density at radius 2 is 1.58 bits per heavy atom. The van der Waals surface area contributed by atoms with Crippen LogP contribution in [-0.4, -0.2) is 80.0 Å². The van der Waals surface area contributed by atoms with Crippen LogP contribution in [0.1, 0.15) is 59.1 Å². The van der Waals surface area contributed by atoms with Gasteiger partial charge in [0.1, 0.15) is 5.65 Å². The van der Waals surface area contributed by atoms with Crippen LogP contribution in [0.2, 0.25) is 0 Å². The fourth-order valence-corrected chi connectivity index (χ4v) is 5.80. The highest BCUT2D eigenvalue weighted by atomic mass is 19.4. The van der Waals surface area contributed by atoms with E-state index in [0.717, 1.165) is 31.6 Å². The van der Waals surface area contributed by atoms with Gasteiger partial charge in [-0.1, -0.05) is 18.2 Å². The largest absolute Gasteiger partial charge is 0.490 e. The molecule has 12 nitrogen and oxygen atoms in total. The minimum atomic E-state index is -5.08. The van der Waals surface area contributed by atoms with Gasteiger partial charge in [-0.25, -0.2) is 14.1 Å². The maximum absolute atomic E-state index is 13.2. The molecule has 2 fully saturated rings. The summed E-state index contributed by atoms with van der Waals surface area (Å²) in [5.74, 6) is -2.47. The monoisotopic (exact) mass is 628 g/mol. The SMILES string of the molecule is O=C(Nc1cccc2nn3c(C4CCN(C(=O)O)CC4)cc(=O)[nH]c3c12)c1ccc(C2CCNCC2)cc1.O=C(O)C(F)(F)F. The zero-order chi connectivity index (χ0) is 32.3. The number of H-pyrrole nitrogens is 1. The number of benzene rings is 2. The summed E-state index contributed by atoms with van der Waals surface area (Å²) in [5.41, 5.74) is 4.04. The smallest absolute Gasteiger partial charge is 0.475 e. The van der Waals surface area contributed by atoms with Crippen molar-refractivity contribution in [2.75, 3.05) is 31.5 Å². The van der Waals surface area contributed by atoms with Gasteiger partial charge in [0.25, 0.3) is 11.5 Å². The van der Waals surface area contributed by atoms with Crippen LogP contribution < -0.4 is 16.2 Å². The highest BCUT2D eigenvalue weighted by molar-refractivity contribution is 6.11. The van der Waals surface area contributed by atoms with E-state index in [-0.39, 0.29) is 17.4 Å². The zero-order valence-corrected chi connectivity index (χ0v) is 23.9. The number of likely N-dealkylation sites (tertiary alicyclic amines) is 1. The van der Waals surface area contributed by atoms with Crippen molar-refractivity contribution in [2.45, 2.75) is 43.7 Å². The molecule has 238 valence electrons. The fourth-order valence-electron chi connectivity index (χ4n) is 5.80. The van der Waals surface area contributed by atoms with E-state index >= 15 is 0 Å². The first-order valence-corrected chi connectivity index (χ1v) is 14.4. The van der Waals surface area contributed by atoms with Gasteiger partial charge in [-0.2, -0.15) is 18.3 Å². The van der Waals surface area contributed by atoms with Gasteiger partial charge in [-0.15, -0.1) is 0 Å². The minimum Gasteiger partial charge on any atom is -0.475 e. The van der Waals surface area contributed by atoms with Crippen LogP contribution >= 0.6 is 0 Å². The molecule has 2 aromatic heterocycles. The van der Waals surface area contributed by atoms with Crippen LogP contribution in [0.15, 0.2) is 53.3 Å². The highest BCUT2D eigenvalue weighted by Crippen LogP contribution is 2.32. The summed E-state index contributed by atoms with van der Waals surface area (Å²) >= 11 is 0. The topological polar surface area (TPSA) is 169 Å². The summed E-state index contributed by atoms with van der Waals surface area (Å²) in [6, 6.07) is 14.8. The zero-order valence-electron chi connectivity index (χ0n) is 23.9. The Balaban J connectivity index is 0.000000515. The predicted octanol–water partition coefficient (Wildman–Crippen LogP) is 4.39. The van der Waals surface area contributed by atoms with Crippen molar-refractivity contribution in [3.63, 3.8) is 0 Å². The maximum atomic E-state index is 13.2. The minimum absolute atomic E-state index is 0.00112. The normalized spacial score (nSPS) is 16.3. The molecule has 2 amide bonds. The quantitative estimate of drug-likeness (QED) is 0.222. The van der Waals surface area contributed by atoms with Crippen LogP contribution in [0, 0.1) is 0 Å². The Labute approximate surface area is 253 Å². The molecule has 6 rings (SSSR count). The van der Waals surface area contributed by atoms with Crippen LogP contribution in [0.5, 0.6) is 0 Å². The molecule has 0 unspecified atom stereocenters. The number of carbonyl (C=O) groups is 3. The number of nitrogens with one attached hydrogen (secondary N) is 3. The summed E-state index contributed by atoms with van der Waals surface area (Å²) in [7, 11) is 0. The Morgan fingerprint density at radius 3 is 2.18 bits per heavy atom. The van der Waals surface area contributed by atoms with Crippen LogP contribution in [-0.2, 0) is 4.79 Å². The lowest BCUT2D eigenvalue weighted by molar-refractivity contribution is -0.192. The van der Waals surface area contributed by atoms with Gasteiger partial charge in [-0.3, -0.25) is 9.59 Å². The Bertz CT molecular complexity index is 1770. The van der Waals surface area contributed by atoms with Crippen LogP contribution in [0.25, 0.3) is 16.6 Å². The van der Waals surface area contributed by atoms with Gasteiger partial charge >= 0.3 is 18.2 Å². The van der Waals surface area contributed by atoms with Gasteiger partial charge in [0.05, 0.1) is 22.3 Å². The number of hydrogen-bond acceptors (Lipinski definition) is 6. The van der Waals surface area contributed by atoms with E-state index in [1.165, 1.54) is 10.5 Å². The molecule has 2 saturated heterocycles. The number of nitrogens with zero attached hydrogens (tertiary/aromatic N) is 3. The molecule has 0 atom stereocenters. The number of carbonyl (C=O) groups excluding carboxylic acids is 1. The van der Waals surface area contributed by atoms with Crippen molar-refractivity contribution in [3.8, 4) is 0 Å². The molecule has 4 heterocycles. The van der Waals surface area contributed by atoms with E-state index in [2.05, 4.69) is 15.6 Å². The molecule has 0 radical (unpaired) electrons. The number of amides is 2. The number of rotatable bonds is 4. The van der Waals surface area contributed by atoms with Crippen molar-refractivity contribution in [1.82, 2.24) is 24.8 Å². The predicted molar refractivity (Wildman–Crippen MR) is 158 cm³/mol. The molecule has 2 aliphatic heterocycles. The van der Waals surface area contributed by atoms with E-state index < -0.39 is 18.2 Å². The molecule has 0 bridgehead atoms. The molecule has 15 heteroatoms. The van der Waals surface area contributed by atoms with E-state index in [4.69, 9.17) is 15.0 Å². The number of fused-ring (bicyclic) bond motifs is 3. The maximum Gasteiger partial charge on any atom is 0.490 e. The Kier molecular flexibility index (Phi) is 9.09. The second-order valence-corrected chi connectivity index (χ2v) is 11.0. The molecular weight excluding hydrogens is 597 g/mol. The number of hydrogen-bond donors (Lipinski definition) is 5. The molecule has 0 spiro atoms. The number of halogens is 3. The van der Waals surface area contributed by atoms with Gasteiger partial charge in [0, 0.05) is 30.6 Å². The molecule has 5 N–H and O–H groups in total.